The standard InChI is InChI=1S/C19H21ClN4O2S/c1-3-9-24-18(16-8-10-26-13(16)2)22-23-19(24)27-12-17(25)21-11-14-4-6-15(20)7-5-14/h4-8,10H,3,9,11-12H2,1-2H3,(H,21,25). The molecule has 0 saturated carbocycles. The van der Waals surface area contributed by atoms with Gasteiger partial charge in [0.05, 0.1) is 17.6 Å². The third-order valence-electron chi connectivity index (χ3n) is 4.00. The van der Waals surface area contributed by atoms with Crippen molar-refractivity contribution in [3.8, 4) is 11.4 Å². The number of nitrogens with zero attached hydrogens (tertiary/aromatic N) is 3. The van der Waals surface area contributed by atoms with E-state index >= 15 is 0 Å². The van der Waals surface area contributed by atoms with Crippen LogP contribution in [0.1, 0.15) is 24.7 Å². The number of carbonyl (C=O) groups excluding carboxylic acids is 1. The largest absolute Gasteiger partial charge is 0.469 e. The summed E-state index contributed by atoms with van der Waals surface area (Å²) in [7, 11) is 0. The van der Waals surface area contributed by atoms with E-state index in [0.29, 0.717) is 11.6 Å². The van der Waals surface area contributed by atoms with Crippen LogP contribution in [0.3, 0.4) is 0 Å². The zero-order chi connectivity index (χ0) is 19.2. The minimum Gasteiger partial charge on any atom is -0.469 e. The van der Waals surface area contributed by atoms with Gasteiger partial charge in [0, 0.05) is 18.1 Å². The Balaban J connectivity index is 1.61. The minimum atomic E-state index is -0.0537. The van der Waals surface area contributed by atoms with Crippen molar-refractivity contribution in [3.05, 3.63) is 52.9 Å². The zero-order valence-electron chi connectivity index (χ0n) is 15.2. The third kappa shape index (κ3) is 4.93. The number of aromatic nitrogens is 3. The molecule has 3 aromatic rings. The maximum atomic E-state index is 12.2. The summed E-state index contributed by atoms with van der Waals surface area (Å²) in [6.07, 6.45) is 2.59. The lowest BCUT2D eigenvalue weighted by molar-refractivity contribution is -0.118. The smallest absolute Gasteiger partial charge is 0.230 e. The summed E-state index contributed by atoms with van der Waals surface area (Å²) < 4.78 is 7.42. The Kier molecular flexibility index (Phi) is 6.58. The van der Waals surface area contributed by atoms with Gasteiger partial charge in [0.2, 0.25) is 5.91 Å². The van der Waals surface area contributed by atoms with Crippen molar-refractivity contribution >= 4 is 29.3 Å². The molecule has 2 aromatic heterocycles. The number of halogens is 1. The van der Waals surface area contributed by atoms with E-state index in [2.05, 4.69) is 22.4 Å². The van der Waals surface area contributed by atoms with E-state index in [1.54, 1.807) is 6.26 Å². The molecule has 142 valence electrons. The van der Waals surface area contributed by atoms with E-state index in [1.165, 1.54) is 11.8 Å². The van der Waals surface area contributed by atoms with Crippen LogP contribution in [-0.2, 0) is 17.9 Å². The van der Waals surface area contributed by atoms with Gasteiger partial charge in [-0.25, -0.2) is 0 Å². The number of carbonyl (C=O) groups is 1. The van der Waals surface area contributed by atoms with Gasteiger partial charge in [-0.05, 0) is 37.1 Å². The van der Waals surface area contributed by atoms with E-state index in [9.17, 15) is 4.79 Å². The van der Waals surface area contributed by atoms with Crippen LogP contribution in [0.5, 0.6) is 0 Å². The first-order valence-corrected chi connectivity index (χ1v) is 10.1. The summed E-state index contributed by atoms with van der Waals surface area (Å²) >= 11 is 7.25. The highest BCUT2D eigenvalue weighted by Crippen LogP contribution is 2.27. The van der Waals surface area contributed by atoms with Gasteiger partial charge in [-0.1, -0.05) is 42.4 Å². The van der Waals surface area contributed by atoms with Gasteiger partial charge in [-0.15, -0.1) is 10.2 Å². The summed E-state index contributed by atoms with van der Waals surface area (Å²) in [5, 5.41) is 12.9. The second kappa shape index (κ2) is 9.10. The summed E-state index contributed by atoms with van der Waals surface area (Å²) in [5.41, 5.74) is 1.93. The number of aryl methyl sites for hydroxylation is 1. The quantitative estimate of drug-likeness (QED) is 0.566. The van der Waals surface area contributed by atoms with E-state index in [4.69, 9.17) is 16.0 Å². The summed E-state index contributed by atoms with van der Waals surface area (Å²) in [5.74, 6) is 1.80. The first kappa shape index (κ1) is 19.5. The molecule has 0 aliphatic carbocycles. The molecule has 0 aliphatic rings. The predicted molar refractivity (Wildman–Crippen MR) is 107 cm³/mol. The number of hydrogen-bond donors (Lipinski definition) is 1. The molecule has 8 heteroatoms. The number of benzene rings is 1. The van der Waals surface area contributed by atoms with Crippen molar-refractivity contribution in [2.24, 2.45) is 0 Å². The molecule has 0 fully saturated rings. The number of furan rings is 1. The molecule has 27 heavy (non-hydrogen) atoms. The molecule has 1 aromatic carbocycles. The number of thioether (sulfide) groups is 1. The molecular weight excluding hydrogens is 384 g/mol. The average molecular weight is 405 g/mol. The van der Waals surface area contributed by atoms with Gasteiger partial charge in [0.15, 0.2) is 11.0 Å². The summed E-state index contributed by atoms with van der Waals surface area (Å²) in [6, 6.07) is 9.30. The lowest BCUT2D eigenvalue weighted by Crippen LogP contribution is -2.24. The highest BCUT2D eigenvalue weighted by molar-refractivity contribution is 7.99. The fourth-order valence-corrected chi connectivity index (χ4v) is 3.54. The molecule has 3 rings (SSSR count). The van der Waals surface area contributed by atoms with E-state index in [-0.39, 0.29) is 11.7 Å². The fraction of sp³-hybridized carbons (Fsp3) is 0.316. The molecule has 0 radical (unpaired) electrons. The zero-order valence-corrected chi connectivity index (χ0v) is 16.8. The topological polar surface area (TPSA) is 73.0 Å². The normalized spacial score (nSPS) is 10.9. The van der Waals surface area contributed by atoms with Gasteiger partial charge >= 0.3 is 0 Å². The van der Waals surface area contributed by atoms with Crippen molar-refractivity contribution in [1.82, 2.24) is 20.1 Å². The Hall–Kier alpha value is -2.25. The first-order chi connectivity index (χ1) is 13.1. The number of rotatable bonds is 8. The number of nitrogens with one attached hydrogen (secondary N) is 1. The van der Waals surface area contributed by atoms with Gasteiger partial charge in [-0.3, -0.25) is 4.79 Å². The Morgan fingerprint density at radius 2 is 2.04 bits per heavy atom. The lowest BCUT2D eigenvalue weighted by atomic mass is 10.2. The Labute approximate surface area is 167 Å². The van der Waals surface area contributed by atoms with Gasteiger partial charge in [0.1, 0.15) is 5.76 Å². The van der Waals surface area contributed by atoms with E-state index in [0.717, 1.165) is 40.8 Å². The average Bonchev–Trinajstić information content (AvgIpc) is 3.25. The van der Waals surface area contributed by atoms with Crippen molar-refractivity contribution in [2.45, 2.75) is 38.5 Å². The molecular formula is C19H21ClN4O2S. The van der Waals surface area contributed by atoms with Crippen molar-refractivity contribution < 1.29 is 9.21 Å². The van der Waals surface area contributed by atoms with Crippen molar-refractivity contribution in [1.29, 1.82) is 0 Å². The van der Waals surface area contributed by atoms with E-state index in [1.807, 2.05) is 41.8 Å². The molecule has 0 atom stereocenters. The van der Waals surface area contributed by atoms with Gasteiger partial charge in [-0.2, -0.15) is 0 Å². The second-order valence-electron chi connectivity index (χ2n) is 6.04. The molecule has 0 bridgehead atoms. The van der Waals surface area contributed by atoms with Crippen LogP contribution in [0.2, 0.25) is 5.02 Å². The van der Waals surface area contributed by atoms with Crippen molar-refractivity contribution in [3.63, 3.8) is 0 Å². The number of amides is 1. The van der Waals surface area contributed by atoms with E-state index < -0.39 is 0 Å². The van der Waals surface area contributed by atoms with Crippen LogP contribution in [-0.4, -0.2) is 26.4 Å². The number of hydrogen-bond acceptors (Lipinski definition) is 5. The Morgan fingerprint density at radius 1 is 1.26 bits per heavy atom. The molecule has 0 saturated heterocycles. The highest BCUT2D eigenvalue weighted by Gasteiger charge is 2.17. The molecule has 0 aliphatic heterocycles. The van der Waals surface area contributed by atoms with Crippen LogP contribution >= 0.6 is 23.4 Å². The summed E-state index contributed by atoms with van der Waals surface area (Å²) in [6.45, 7) is 5.25. The van der Waals surface area contributed by atoms with Gasteiger partial charge in [0.25, 0.3) is 0 Å². The highest BCUT2D eigenvalue weighted by atomic mass is 35.5. The van der Waals surface area contributed by atoms with Crippen LogP contribution in [0.25, 0.3) is 11.4 Å². The van der Waals surface area contributed by atoms with Gasteiger partial charge < -0.3 is 14.3 Å². The molecule has 1 N–H and O–H groups in total. The Bertz CT molecular complexity index is 905. The lowest BCUT2D eigenvalue weighted by Gasteiger charge is -2.09. The maximum Gasteiger partial charge on any atom is 0.230 e. The van der Waals surface area contributed by atoms with Crippen molar-refractivity contribution in [2.75, 3.05) is 5.75 Å². The molecule has 0 unspecified atom stereocenters. The predicted octanol–water partition coefficient (Wildman–Crippen LogP) is 4.32. The molecule has 6 nitrogen and oxygen atoms in total. The Morgan fingerprint density at radius 3 is 2.70 bits per heavy atom. The maximum absolute atomic E-state index is 12.2. The summed E-state index contributed by atoms with van der Waals surface area (Å²) in [4.78, 5) is 12.2. The monoisotopic (exact) mass is 404 g/mol. The molecule has 1 amide bonds. The second-order valence-corrected chi connectivity index (χ2v) is 7.42. The van der Waals surface area contributed by atoms with Crippen LogP contribution in [0, 0.1) is 6.92 Å². The first-order valence-electron chi connectivity index (χ1n) is 8.70. The van der Waals surface area contributed by atoms with Crippen LogP contribution in [0.15, 0.2) is 46.2 Å². The minimum absolute atomic E-state index is 0.0537. The molecule has 0 spiro atoms. The molecule has 2 heterocycles. The van der Waals surface area contributed by atoms with Crippen LogP contribution in [0.4, 0.5) is 0 Å². The van der Waals surface area contributed by atoms with Crippen LogP contribution < -0.4 is 5.32 Å². The third-order valence-corrected chi connectivity index (χ3v) is 5.22. The SMILES string of the molecule is CCCn1c(SCC(=O)NCc2ccc(Cl)cc2)nnc1-c1ccoc1C. The fourth-order valence-electron chi connectivity index (χ4n) is 2.62.